The van der Waals surface area contributed by atoms with Gasteiger partial charge in [-0.2, -0.15) is 0 Å². The van der Waals surface area contributed by atoms with Crippen LogP contribution in [0.2, 0.25) is 0 Å². The Bertz CT molecular complexity index is 650. The first-order valence-electron chi connectivity index (χ1n) is 10.2. The summed E-state index contributed by atoms with van der Waals surface area (Å²) in [7, 11) is 0. The Kier molecular flexibility index (Phi) is 7.26. The highest BCUT2D eigenvalue weighted by atomic mass is 16.5. The van der Waals surface area contributed by atoms with Crippen LogP contribution in [0.25, 0.3) is 0 Å². The smallest absolute Gasteiger partial charge is 0.253 e. The molecule has 2 rings (SSSR count). The maximum atomic E-state index is 12.9. The second-order valence-corrected chi connectivity index (χ2v) is 9.25. The second-order valence-electron chi connectivity index (χ2n) is 9.25. The van der Waals surface area contributed by atoms with E-state index >= 15 is 0 Å². The fraction of sp³-hybridized carbons (Fsp3) is 0.727. The molecule has 1 N–H and O–H groups in total. The maximum Gasteiger partial charge on any atom is 0.253 e. The molecule has 1 aliphatic rings. The van der Waals surface area contributed by atoms with Crippen molar-refractivity contribution in [1.29, 1.82) is 0 Å². The lowest BCUT2D eigenvalue weighted by atomic mass is 9.90. The highest BCUT2D eigenvalue weighted by Gasteiger charge is 2.25. The van der Waals surface area contributed by atoms with Crippen LogP contribution in [-0.4, -0.2) is 43.2 Å². The standard InChI is InChI=1S/C22H37N3O2/c1-15(2)20-19(21(26)23-10-8-9-22(5,6)7)16(3)13-18(24-20)25-11-12-27-14-17(25)4/h13,15,17H,8-12,14H2,1-7H3,(H,23,26)/t17-/m1/s1. The number of carbonyl (C=O) groups excluding carboxylic acids is 1. The van der Waals surface area contributed by atoms with Crippen LogP contribution in [-0.2, 0) is 4.74 Å². The number of ether oxygens (including phenoxy) is 1. The van der Waals surface area contributed by atoms with E-state index in [0.717, 1.165) is 48.6 Å². The van der Waals surface area contributed by atoms with Gasteiger partial charge in [0, 0.05) is 13.1 Å². The molecule has 0 unspecified atom stereocenters. The molecular formula is C22H37N3O2. The Balaban J connectivity index is 2.19. The minimum absolute atomic E-state index is 0.000754. The molecule has 1 amide bonds. The summed E-state index contributed by atoms with van der Waals surface area (Å²) in [5.74, 6) is 1.14. The van der Waals surface area contributed by atoms with Crippen molar-refractivity contribution in [3.63, 3.8) is 0 Å². The van der Waals surface area contributed by atoms with Crippen molar-refractivity contribution in [1.82, 2.24) is 10.3 Å². The van der Waals surface area contributed by atoms with E-state index in [0.29, 0.717) is 24.6 Å². The summed E-state index contributed by atoms with van der Waals surface area (Å²) < 4.78 is 5.55. The van der Waals surface area contributed by atoms with Gasteiger partial charge in [-0.25, -0.2) is 4.98 Å². The Morgan fingerprint density at radius 1 is 1.41 bits per heavy atom. The van der Waals surface area contributed by atoms with Crippen molar-refractivity contribution in [2.45, 2.75) is 73.3 Å². The highest BCUT2D eigenvalue weighted by molar-refractivity contribution is 5.97. The molecule has 27 heavy (non-hydrogen) atoms. The Morgan fingerprint density at radius 2 is 2.11 bits per heavy atom. The van der Waals surface area contributed by atoms with Gasteiger partial charge in [-0.05, 0) is 49.7 Å². The lowest BCUT2D eigenvalue weighted by Crippen LogP contribution is -2.44. The minimum atomic E-state index is -0.000754. The predicted molar refractivity (Wildman–Crippen MR) is 112 cm³/mol. The zero-order valence-corrected chi connectivity index (χ0v) is 18.2. The number of nitrogens with one attached hydrogen (secondary N) is 1. The van der Waals surface area contributed by atoms with Gasteiger partial charge in [-0.3, -0.25) is 4.79 Å². The number of aryl methyl sites for hydroxylation is 1. The monoisotopic (exact) mass is 375 g/mol. The van der Waals surface area contributed by atoms with Crippen LogP contribution >= 0.6 is 0 Å². The van der Waals surface area contributed by atoms with Crippen LogP contribution in [0.15, 0.2) is 6.07 Å². The Hall–Kier alpha value is -1.62. The van der Waals surface area contributed by atoms with Crippen molar-refractivity contribution in [3.05, 3.63) is 22.9 Å². The van der Waals surface area contributed by atoms with Crippen LogP contribution in [0.3, 0.4) is 0 Å². The van der Waals surface area contributed by atoms with E-state index in [1.165, 1.54) is 0 Å². The van der Waals surface area contributed by atoms with Crippen molar-refractivity contribution in [3.8, 4) is 0 Å². The lowest BCUT2D eigenvalue weighted by molar-refractivity contribution is 0.0947. The van der Waals surface area contributed by atoms with E-state index < -0.39 is 0 Å². The molecule has 0 bridgehead atoms. The summed E-state index contributed by atoms with van der Waals surface area (Å²) in [5, 5.41) is 3.10. The van der Waals surface area contributed by atoms with Gasteiger partial charge in [-0.1, -0.05) is 34.6 Å². The van der Waals surface area contributed by atoms with Gasteiger partial charge in [0.2, 0.25) is 0 Å². The van der Waals surface area contributed by atoms with Gasteiger partial charge < -0.3 is 15.0 Å². The van der Waals surface area contributed by atoms with Gasteiger partial charge >= 0.3 is 0 Å². The number of hydrogen-bond donors (Lipinski definition) is 1. The predicted octanol–water partition coefficient (Wildman–Crippen LogP) is 4.29. The van der Waals surface area contributed by atoms with Gasteiger partial charge in [0.15, 0.2) is 0 Å². The van der Waals surface area contributed by atoms with E-state index in [-0.39, 0.29) is 11.8 Å². The lowest BCUT2D eigenvalue weighted by Gasteiger charge is -2.35. The number of aromatic nitrogens is 1. The molecule has 1 fully saturated rings. The number of pyridine rings is 1. The summed E-state index contributed by atoms with van der Waals surface area (Å²) in [6, 6.07) is 2.35. The molecule has 5 nitrogen and oxygen atoms in total. The molecule has 1 aromatic rings. The molecule has 2 heterocycles. The number of anilines is 1. The average Bonchev–Trinajstić information content (AvgIpc) is 2.57. The van der Waals surface area contributed by atoms with E-state index in [1.807, 2.05) is 6.92 Å². The third-order valence-corrected chi connectivity index (χ3v) is 5.06. The van der Waals surface area contributed by atoms with Gasteiger partial charge in [-0.15, -0.1) is 0 Å². The summed E-state index contributed by atoms with van der Waals surface area (Å²) in [6.07, 6.45) is 2.08. The number of morpholine rings is 1. The molecule has 152 valence electrons. The third kappa shape index (κ3) is 5.93. The molecular weight excluding hydrogens is 338 g/mol. The van der Waals surface area contributed by atoms with Crippen LogP contribution in [0.5, 0.6) is 0 Å². The van der Waals surface area contributed by atoms with Gasteiger partial charge in [0.25, 0.3) is 5.91 Å². The number of carbonyl (C=O) groups is 1. The molecule has 1 atom stereocenters. The SMILES string of the molecule is Cc1cc(N2CCOC[C@H]2C)nc(C(C)C)c1C(=O)NCCCC(C)(C)C. The van der Waals surface area contributed by atoms with Crippen molar-refractivity contribution in [2.75, 3.05) is 31.2 Å². The molecule has 0 aliphatic carbocycles. The van der Waals surface area contributed by atoms with Crippen LogP contribution in [0.4, 0.5) is 5.82 Å². The molecule has 1 aromatic heterocycles. The van der Waals surface area contributed by atoms with E-state index in [2.05, 4.69) is 57.8 Å². The molecule has 1 aliphatic heterocycles. The van der Waals surface area contributed by atoms with Crippen molar-refractivity contribution in [2.24, 2.45) is 5.41 Å². The summed E-state index contributed by atoms with van der Waals surface area (Å²) in [6.45, 7) is 18.0. The zero-order chi connectivity index (χ0) is 20.2. The number of nitrogens with zero attached hydrogens (tertiary/aromatic N) is 2. The highest BCUT2D eigenvalue weighted by Crippen LogP contribution is 2.27. The quantitative estimate of drug-likeness (QED) is 0.754. The second kappa shape index (κ2) is 9.05. The summed E-state index contributed by atoms with van der Waals surface area (Å²) >= 11 is 0. The number of amides is 1. The number of rotatable bonds is 6. The third-order valence-electron chi connectivity index (χ3n) is 5.06. The van der Waals surface area contributed by atoms with Gasteiger partial charge in [0.05, 0.1) is 30.5 Å². The molecule has 0 saturated carbocycles. The Morgan fingerprint density at radius 3 is 2.70 bits per heavy atom. The fourth-order valence-electron chi connectivity index (χ4n) is 3.52. The van der Waals surface area contributed by atoms with E-state index in [4.69, 9.17) is 9.72 Å². The van der Waals surface area contributed by atoms with Crippen molar-refractivity contribution >= 4 is 11.7 Å². The van der Waals surface area contributed by atoms with Crippen LogP contribution < -0.4 is 10.2 Å². The molecule has 0 radical (unpaired) electrons. The van der Waals surface area contributed by atoms with Crippen LogP contribution in [0.1, 0.15) is 81.9 Å². The summed E-state index contributed by atoms with van der Waals surface area (Å²) in [4.78, 5) is 20.1. The van der Waals surface area contributed by atoms with E-state index in [9.17, 15) is 4.79 Å². The molecule has 1 saturated heterocycles. The first-order chi connectivity index (χ1) is 12.6. The zero-order valence-electron chi connectivity index (χ0n) is 18.2. The minimum Gasteiger partial charge on any atom is -0.377 e. The van der Waals surface area contributed by atoms with Gasteiger partial charge in [0.1, 0.15) is 5.82 Å². The summed E-state index contributed by atoms with van der Waals surface area (Å²) in [5.41, 5.74) is 2.92. The van der Waals surface area contributed by atoms with Crippen molar-refractivity contribution < 1.29 is 9.53 Å². The number of hydrogen-bond acceptors (Lipinski definition) is 4. The fourth-order valence-corrected chi connectivity index (χ4v) is 3.52. The normalized spacial score (nSPS) is 18.1. The molecule has 0 aromatic carbocycles. The topological polar surface area (TPSA) is 54.5 Å². The maximum absolute atomic E-state index is 12.9. The van der Waals surface area contributed by atoms with Crippen LogP contribution in [0, 0.1) is 12.3 Å². The first-order valence-corrected chi connectivity index (χ1v) is 10.2. The molecule has 5 heteroatoms. The van der Waals surface area contributed by atoms with E-state index in [1.54, 1.807) is 0 Å². The molecule has 0 spiro atoms. The first kappa shape index (κ1) is 21.7. The Labute approximate surface area is 164 Å². The largest absolute Gasteiger partial charge is 0.377 e. The average molecular weight is 376 g/mol.